The van der Waals surface area contributed by atoms with Crippen molar-refractivity contribution in [2.24, 2.45) is 11.7 Å². The van der Waals surface area contributed by atoms with E-state index in [4.69, 9.17) is 19.6 Å². The second-order valence-electron chi connectivity index (χ2n) is 4.29. The third-order valence-corrected chi connectivity index (χ3v) is 3.19. The van der Waals surface area contributed by atoms with Crippen LogP contribution in [-0.2, 0) is 16.1 Å². The van der Waals surface area contributed by atoms with Crippen LogP contribution in [0.25, 0.3) is 0 Å². The number of ether oxygens (including phenoxy) is 2. The molecular formula is C12H19NO3. The lowest BCUT2D eigenvalue weighted by molar-refractivity contribution is 0.0965. The van der Waals surface area contributed by atoms with E-state index >= 15 is 0 Å². The Hall–Kier alpha value is -0.840. The summed E-state index contributed by atoms with van der Waals surface area (Å²) < 4.78 is 16.2. The van der Waals surface area contributed by atoms with Crippen LogP contribution in [0.2, 0.25) is 0 Å². The van der Waals surface area contributed by atoms with Gasteiger partial charge in [-0.05, 0) is 25.5 Å². The van der Waals surface area contributed by atoms with Crippen molar-refractivity contribution in [3.05, 3.63) is 23.7 Å². The molecule has 90 valence electrons. The van der Waals surface area contributed by atoms with Gasteiger partial charge in [-0.25, -0.2) is 0 Å². The zero-order chi connectivity index (χ0) is 11.5. The molecule has 1 aliphatic heterocycles. The largest absolute Gasteiger partial charge is 0.462 e. The Labute approximate surface area is 95.7 Å². The van der Waals surface area contributed by atoms with Crippen LogP contribution in [-0.4, -0.2) is 19.8 Å². The Morgan fingerprint density at radius 2 is 2.38 bits per heavy atom. The maximum absolute atomic E-state index is 6.19. The Morgan fingerprint density at radius 1 is 1.56 bits per heavy atom. The standard InChI is InChI=1S/C12H19NO3/c1-8-10(5-6-15-8)12(13)11-4-3-9(16-11)7-14-2/h3-4,8,10,12H,5-7,13H2,1-2H3. The number of methoxy groups -OCH3 is 1. The van der Waals surface area contributed by atoms with E-state index in [0.29, 0.717) is 12.5 Å². The fourth-order valence-corrected chi connectivity index (χ4v) is 2.22. The molecule has 0 spiro atoms. The van der Waals surface area contributed by atoms with E-state index in [1.807, 2.05) is 12.1 Å². The maximum Gasteiger partial charge on any atom is 0.129 e. The maximum atomic E-state index is 6.19. The van der Waals surface area contributed by atoms with Crippen molar-refractivity contribution in [1.29, 1.82) is 0 Å². The molecule has 1 aromatic rings. The molecule has 3 unspecified atom stereocenters. The number of furan rings is 1. The van der Waals surface area contributed by atoms with Gasteiger partial charge in [0, 0.05) is 19.6 Å². The molecule has 2 rings (SSSR count). The van der Waals surface area contributed by atoms with Gasteiger partial charge in [0.25, 0.3) is 0 Å². The van der Waals surface area contributed by atoms with E-state index in [-0.39, 0.29) is 12.1 Å². The molecule has 1 aliphatic rings. The van der Waals surface area contributed by atoms with E-state index in [0.717, 1.165) is 24.5 Å². The molecule has 0 aliphatic carbocycles. The second kappa shape index (κ2) is 4.99. The summed E-state index contributed by atoms with van der Waals surface area (Å²) in [5, 5.41) is 0. The van der Waals surface area contributed by atoms with Crippen molar-refractivity contribution < 1.29 is 13.9 Å². The van der Waals surface area contributed by atoms with Gasteiger partial charge in [0.2, 0.25) is 0 Å². The molecule has 0 bridgehead atoms. The average Bonchev–Trinajstić information content (AvgIpc) is 2.87. The van der Waals surface area contributed by atoms with Gasteiger partial charge in [-0.15, -0.1) is 0 Å². The van der Waals surface area contributed by atoms with Crippen LogP contribution in [0, 0.1) is 5.92 Å². The molecule has 0 radical (unpaired) electrons. The minimum atomic E-state index is -0.0805. The van der Waals surface area contributed by atoms with Crippen LogP contribution < -0.4 is 5.73 Å². The third kappa shape index (κ3) is 2.29. The molecule has 0 amide bonds. The van der Waals surface area contributed by atoms with E-state index in [9.17, 15) is 0 Å². The molecule has 2 heterocycles. The summed E-state index contributed by atoms with van der Waals surface area (Å²) in [6, 6.07) is 3.77. The highest BCUT2D eigenvalue weighted by Crippen LogP contribution is 2.32. The fourth-order valence-electron chi connectivity index (χ4n) is 2.22. The van der Waals surface area contributed by atoms with Crippen LogP contribution in [0.15, 0.2) is 16.5 Å². The normalized spacial score (nSPS) is 27.2. The van der Waals surface area contributed by atoms with E-state index in [2.05, 4.69) is 6.92 Å². The first-order chi connectivity index (χ1) is 7.72. The van der Waals surface area contributed by atoms with Crippen molar-refractivity contribution in [1.82, 2.24) is 0 Å². The van der Waals surface area contributed by atoms with Crippen LogP contribution in [0.4, 0.5) is 0 Å². The lowest BCUT2D eigenvalue weighted by Gasteiger charge is -2.19. The van der Waals surface area contributed by atoms with Crippen molar-refractivity contribution in [2.45, 2.75) is 32.1 Å². The van der Waals surface area contributed by atoms with Gasteiger partial charge in [0.1, 0.15) is 18.1 Å². The zero-order valence-electron chi connectivity index (χ0n) is 9.81. The van der Waals surface area contributed by atoms with Gasteiger partial charge in [-0.1, -0.05) is 0 Å². The fraction of sp³-hybridized carbons (Fsp3) is 0.667. The smallest absolute Gasteiger partial charge is 0.129 e. The van der Waals surface area contributed by atoms with Gasteiger partial charge in [-0.3, -0.25) is 0 Å². The highest BCUT2D eigenvalue weighted by Gasteiger charge is 2.32. The van der Waals surface area contributed by atoms with Gasteiger partial charge in [0.05, 0.1) is 12.1 Å². The molecular weight excluding hydrogens is 206 g/mol. The summed E-state index contributed by atoms with van der Waals surface area (Å²) in [6.07, 6.45) is 1.22. The third-order valence-electron chi connectivity index (χ3n) is 3.19. The molecule has 1 fully saturated rings. The zero-order valence-corrected chi connectivity index (χ0v) is 9.81. The van der Waals surface area contributed by atoms with Crippen molar-refractivity contribution in [3.63, 3.8) is 0 Å². The van der Waals surface area contributed by atoms with E-state index in [1.165, 1.54) is 0 Å². The van der Waals surface area contributed by atoms with Gasteiger partial charge < -0.3 is 19.6 Å². The van der Waals surface area contributed by atoms with Gasteiger partial charge in [0.15, 0.2) is 0 Å². The quantitative estimate of drug-likeness (QED) is 0.849. The summed E-state index contributed by atoms with van der Waals surface area (Å²) in [6.45, 7) is 3.35. The average molecular weight is 225 g/mol. The van der Waals surface area contributed by atoms with Crippen LogP contribution >= 0.6 is 0 Å². The molecule has 2 N–H and O–H groups in total. The summed E-state index contributed by atoms with van der Waals surface area (Å²) in [5.74, 6) is 2.00. The Balaban J connectivity index is 2.04. The van der Waals surface area contributed by atoms with Crippen LogP contribution in [0.5, 0.6) is 0 Å². The summed E-state index contributed by atoms with van der Waals surface area (Å²) in [5.41, 5.74) is 6.19. The second-order valence-corrected chi connectivity index (χ2v) is 4.29. The number of hydrogen-bond donors (Lipinski definition) is 1. The number of hydrogen-bond acceptors (Lipinski definition) is 4. The van der Waals surface area contributed by atoms with Crippen LogP contribution in [0.1, 0.15) is 30.9 Å². The van der Waals surface area contributed by atoms with Gasteiger partial charge in [-0.2, -0.15) is 0 Å². The lowest BCUT2D eigenvalue weighted by Crippen LogP contribution is -2.26. The molecule has 0 aromatic carbocycles. The first-order valence-electron chi connectivity index (χ1n) is 5.67. The molecule has 4 heteroatoms. The Bertz CT molecular complexity index is 337. The summed E-state index contributed by atoms with van der Waals surface area (Å²) in [7, 11) is 1.65. The highest BCUT2D eigenvalue weighted by molar-refractivity contribution is 5.11. The number of nitrogens with two attached hydrogens (primary N) is 1. The van der Waals surface area contributed by atoms with Crippen molar-refractivity contribution in [2.75, 3.05) is 13.7 Å². The Kier molecular flexibility index (Phi) is 3.63. The van der Waals surface area contributed by atoms with Crippen molar-refractivity contribution >= 4 is 0 Å². The lowest BCUT2D eigenvalue weighted by atomic mass is 9.92. The summed E-state index contributed by atoms with van der Waals surface area (Å²) in [4.78, 5) is 0. The minimum absolute atomic E-state index is 0.0805. The first-order valence-corrected chi connectivity index (χ1v) is 5.67. The van der Waals surface area contributed by atoms with Gasteiger partial charge >= 0.3 is 0 Å². The van der Waals surface area contributed by atoms with E-state index in [1.54, 1.807) is 7.11 Å². The monoisotopic (exact) mass is 225 g/mol. The predicted octanol–water partition coefficient (Wildman–Crippen LogP) is 1.85. The molecule has 1 saturated heterocycles. The summed E-state index contributed by atoms with van der Waals surface area (Å²) >= 11 is 0. The molecule has 4 nitrogen and oxygen atoms in total. The molecule has 0 saturated carbocycles. The first kappa shape index (κ1) is 11.6. The minimum Gasteiger partial charge on any atom is -0.462 e. The highest BCUT2D eigenvalue weighted by atomic mass is 16.5. The predicted molar refractivity (Wildman–Crippen MR) is 59.9 cm³/mol. The van der Waals surface area contributed by atoms with Crippen molar-refractivity contribution in [3.8, 4) is 0 Å². The molecule has 3 atom stereocenters. The molecule has 1 aromatic heterocycles. The topological polar surface area (TPSA) is 57.6 Å². The number of rotatable bonds is 4. The van der Waals surface area contributed by atoms with E-state index < -0.39 is 0 Å². The van der Waals surface area contributed by atoms with Crippen LogP contribution in [0.3, 0.4) is 0 Å². The Morgan fingerprint density at radius 3 is 3.00 bits per heavy atom. The molecule has 16 heavy (non-hydrogen) atoms. The SMILES string of the molecule is COCc1ccc(C(N)C2CCOC2C)o1.